The van der Waals surface area contributed by atoms with E-state index in [1.165, 1.54) is 6.07 Å². The van der Waals surface area contributed by atoms with Gasteiger partial charge in [0.2, 0.25) is 5.91 Å². The Hall–Kier alpha value is -2.08. The highest BCUT2D eigenvalue weighted by Gasteiger charge is 2.32. The van der Waals surface area contributed by atoms with Gasteiger partial charge in [-0.15, -0.1) is 0 Å². The van der Waals surface area contributed by atoms with Crippen molar-refractivity contribution >= 4 is 17.6 Å². The summed E-state index contributed by atoms with van der Waals surface area (Å²) in [6, 6.07) is 4.69. The molecule has 0 aromatic heterocycles. The molecule has 0 aliphatic carbocycles. The molecule has 0 unspecified atom stereocenters. The van der Waals surface area contributed by atoms with Gasteiger partial charge in [0, 0.05) is 0 Å². The second-order valence-electron chi connectivity index (χ2n) is 4.95. The first-order valence-electron chi connectivity index (χ1n) is 6.72. The minimum atomic E-state index is -1.05. The summed E-state index contributed by atoms with van der Waals surface area (Å²) in [6.45, 7) is 1.62. The Balaban J connectivity index is 1.95. The lowest BCUT2D eigenvalue weighted by Crippen LogP contribution is -2.47. The van der Waals surface area contributed by atoms with Crippen LogP contribution in [0.15, 0.2) is 18.2 Å². The van der Waals surface area contributed by atoms with Crippen LogP contribution in [0.25, 0.3) is 0 Å². The molecule has 0 spiro atoms. The monoisotopic (exact) mass is 276 g/mol. The number of nitrogens with zero attached hydrogens (tertiary/aromatic N) is 1. The number of hydrogen-bond donors (Lipinski definition) is 2. The van der Waals surface area contributed by atoms with E-state index in [2.05, 4.69) is 5.32 Å². The molecule has 2 aliphatic heterocycles. The van der Waals surface area contributed by atoms with Gasteiger partial charge in [-0.2, -0.15) is 0 Å². The first-order chi connectivity index (χ1) is 9.68. The minimum absolute atomic E-state index is 0.00501. The van der Waals surface area contributed by atoms with Crippen molar-refractivity contribution in [2.45, 2.75) is 18.9 Å². The number of aromatic carboxylic acids is 1. The van der Waals surface area contributed by atoms with Gasteiger partial charge in [-0.05, 0) is 31.5 Å². The molecule has 106 valence electrons. The highest BCUT2D eigenvalue weighted by molar-refractivity contribution is 6.02. The number of fused-ring (bicyclic) bond motifs is 1. The predicted molar refractivity (Wildman–Crippen MR) is 72.3 cm³/mol. The molecule has 1 saturated heterocycles. The Labute approximate surface area is 116 Å². The Morgan fingerprint density at radius 1 is 1.40 bits per heavy atom. The quantitative estimate of drug-likeness (QED) is 0.837. The zero-order chi connectivity index (χ0) is 14.1. The molecule has 20 heavy (non-hydrogen) atoms. The fourth-order valence-corrected chi connectivity index (χ4v) is 2.73. The van der Waals surface area contributed by atoms with Crippen molar-refractivity contribution in [3.05, 3.63) is 23.8 Å². The molecule has 1 aromatic carbocycles. The van der Waals surface area contributed by atoms with E-state index in [1.807, 2.05) is 0 Å². The van der Waals surface area contributed by atoms with Crippen LogP contribution >= 0.6 is 0 Å². The van der Waals surface area contributed by atoms with Gasteiger partial charge < -0.3 is 20.1 Å². The molecule has 2 N–H and O–H groups in total. The zero-order valence-electron chi connectivity index (χ0n) is 11.0. The fourth-order valence-electron chi connectivity index (χ4n) is 2.73. The lowest BCUT2D eigenvalue weighted by Gasteiger charge is -2.32. The smallest absolute Gasteiger partial charge is 0.339 e. The van der Waals surface area contributed by atoms with Crippen molar-refractivity contribution in [3.8, 4) is 5.75 Å². The Bertz CT molecular complexity index is 552. The summed E-state index contributed by atoms with van der Waals surface area (Å²) in [5.41, 5.74) is 0.647. The summed E-state index contributed by atoms with van der Waals surface area (Å²) in [7, 11) is 0. The van der Waals surface area contributed by atoms with Crippen LogP contribution in [-0.4, -0.2) is 42.7 Å². The average molecular weight is 276 g/mol. The zero-order valence-corrected chi connectivity index (χ0v) is 11.0. The van der Waals surface area contributed by atoms with Crippen molar-refractivity contribution in [3.63, 3.8) is 0 Å². The number of rotatable bonds is 2. The fraction of sp³-hybridized carbons (Fsp3) is 0.429. The van der Waals surface area contributed by atoms with Crippen molar-refractivity contribution in [2.24, 2.45) is 0 Å². The number of hydrogen-bond acceptors (Lipinski definition) is 4. The molecular formula is C14H16N2O4. The van der Waals surface area contributed by atoms with E-state index >= 15 is 0 Å². The number of ether oxygens (including phenoxy) is 1. The normalized spacial score (nSPS) is 21.2. The second kappa shape index (κ2) is 5.13. The number of amides is 1. The van der Waals surface area contributed by atoms with Crippen LogP contribution < -0.4 is 15.0 Å². The topological polar surface area (TPSA) is 78.9 Å². The Morgan fingerprint density at radius 2 is 2.25 bits per heavy atom. The number of para-hydroxylation sites is 1. The lowest BCUT2D eigenvalue weighted by atomic mass is 10.1. The van der Waals surface area contributed by atoms with Crippen LogP contribution in [0.5, 0.6) is 5.75 Å². The van der Waals surface area contributed by atoms with Crippen molar-refractivity contribution in [1.29, 1.82) is 0 Å². The summed E-state index contributed by atoms with van der Waals surface area (Å²) in [5, 5.41) is 12.4. The van der Waals surface area contributed by atoms with Crippen LogP contribution in [0.4, 0.5) is 5.69 Å². The molecule has 3 rings (SSSR count). The molecule has 2 aliphatic rings. The Kier molecular flexibility index (Phi) is 3.31. The highest BCUT2D eigenvalue weighted by atomic mass is 16.5. The summed E-state index contributed by atoms with van der Waals surface area (Å²) in [4.78, 5) is 25.3. The van der Waals surface area contributed by atoms with Gasteiger partial charge in [-0.1, -0.05) is 6.07 Å². The molecule has 1 amide bonds. The third kappa shape index (κ3) is 2.12. The van der Waals surface area contributed by atoms with E-state index < -0.39 is 5.97 Å². The van der Waals surface area contributed by atoms with Gasteiger partial charge in [-0.3, -0.25) is 4.79 Å². The largest absolute Gasteiger partial charge is 0.489 e. The van der Waals surface area contributed by atoms with Crippen LogP contribution in [0, 0.1) is 0 Å². The van der Waals surface area contributed by atoms with Crippen molar-refractivity contribution < 1.29 is 19.4 Å². The average Bonchev–Trinajstić information content (AvgIpc) is 2.99. The molecule has 1 aromatic rings. The van der Waals surface area contributed by atoms with E-state index in [0.29, 0.717) is 18.8 Å². The predicted octanol–water partition coefficient (Wildman–Crippen LogP) is 0.862. The van der Waals surface area contributed by atoms with E-state index in [9.17, 15) is 14.7 Å². The highest BCUT2D eigenvalue weighted by Crippen LogP contribution is 2.35. The number of nitrogens with one attached hydrogen (secondary N) is 1. The molecule has 1 fully saturated rings. The van der Waals surface area contributed by atoms with E-state index in [0.717, 1.165) is 19.4 Å². The van der Waals surface area contributed by atoms with Gasteiger partial charge in [0.05, 0.1) is 18.3 Å². The summed E-state index contributed by atoms with van der Waals surface area (Å²) >= 11 is 0. The van der Waals surface area contributed by atoms with Gasteiger partial charge >= 0.3 is 5.97 Å². The third-order valence-electron chi connectivity index (χ3n) is 3.70. The van der Waals surface area contributed by atoms with Crippen LogP contribution in [0.2, 0.25) is 0 Å². The van der Waals surface area contributed by atoms with Crippen molar-refractivity contribution in [2.75, 3.05) is 24.6 Å². The molecule has 0 saturated carbocycles. The molecule has 6 heteroatoms. The van der Waals surface area contributed by atoms with E-state index in [-0.39, 0.29) is 23.3 Å². The van der Waals surface area contributed by atoms with Crippen LogP contribution in [0.1, 0.15) is 23.2 Å². The maximum atomic E-state index is 12.5. The standard InChI is InChI=1S/C14H16N2O4/c17-13(10-4-2-6-15-10)16-7-8-20-12-9(14(18)19)3-1-5-11(12)16/h1,3,5,10,15H,2,4,6-8H2,(H,18,19)/t10-/m0/s1. The maximum Gasteiger partial charge on any atom is 0.339 e. The molecule has 6 nitrogen and oxygen atoms in total. The van der Waals surface area contributed by atoms with E-state index in [1.54, 1.807) is 17.0 Å². The number of carboxylic acids is 1. The summed E-state index contributed by atoms with van der Waals surface area (Å²) < 4.78 is 5.46. The molecular weight excluding hydrogens is 260 g/mol. The number of carboxylic acid groups (broad SMARTS) is 1. The maximum absolute atomic E-state index is 12.5. The molecule has 1 atom stereocenters. The third-order valence-corrected chi connectivity index (χ3v) is 3.70. The van der Waals surface area contributed by atoms with E-state index in [4.69, 9.17) is 4.74 Å². The minimum Gasteiger partial charge on any atom is -0.489 e. The lowest BCUT2D eigenvalue weighted by molar-refractivity contribution is -0.120. The molecule has 0 radical (unpaired) electrons. The number of anilines is 1. The first kappa shape index (κ1) is 12.9. The summed E-state index contributed by atoms with van der Waals surface area (Å²) in [6.07, 6.45) is 1.81. The van der Waals surface area contributed by atoms with Gasteiger partial charge in [0.25, 0.3) is 0 Å². The summed E-state index contributed by atoms with van der Waals surface area (Å²) in [5.74, 6) is -0.762. The molecule has 2 heterocycles. The molecule has 0 bridgehead atoms. The Morgan fingerprint density at radius 3 is 2.95 bits per heavy atom. The number of carbonyl (C=O) groups is 2. The number of benzene rings is 1. The van der Waals surface area contributed by atoms with Crippen LogP contribution in [-0.2, 0) is 4.79 Å². The number of carbonyl (C=O) groups excluding carboxylic acids is 1. The van der Waals surface area contributed by atoms with Crippen LogP contribution in [0.3, 0.4) is 0 Å². The van der Waals surface area contributed by atoms with Crippen molar-refractivity contribution in [1.82, 2.24) is 5.32 Å². The SMILES string of the molecule is O=C(O)c1cccc2c1OCCN2C(=O)[C@@H]1CCCN1. The first-order valence-corrected chi connectivity index (χ1v) is 6.72. The van der Waals surface area contributed by atoms with Gasteiger partial charge in [0.15, 0.2) is 5.75 Å². The van der Waals surface area contributed by atoms with Gasteiger partial charge in [0.1, 0.15) is 12.2 Å². The van der Waals surface area contributed by atoms with Gasteiger partial charge in [-0.25, -0.2) is 4.79 Å². The second-order valence-corrected chi connectivity index (χ2v) is 4.95.